The molecule has 2 unspecified atom stereocenters. The number of hydrogen-bond acceptors (Lipinski definition) is 4. The zero-order chi connectivity index (χ0) is 13.9. The number of hydrogen-bond donors (Lipinski definition) is 1. The van der Waals surface area contributed by atoms with Gasteiger partial charge in [-0.3, -0.25) is 0 Å². The van der Waals surface area contributed by atoms with E-state index in [4.69, 9.17) is 10.5 Å². The molecule has 20 heavy (non-hydrogen) atoms. The van der Waals surface area contributed by atoms with Gasteiger partial charge in [-0.15, -0.1) is 11.3 Å². The first-order valence-electron chi connectivity index (χ1n) is 7.08. The maximum absolute atomic E-state index is 6.29. The molecule has 3 rings (SSSR count). The summed E-state index contributed by atoms with van der Waals surface area (Å²) in [5.41, 5.74) is 10.1. The van der Waals surface area contributed by atoms with E-state index in [1.165, 1.54) is 11.1 Å². The van der Waals surface area contributed by atoms with E-state index in [-0.39, 0.29) is 12.1 Å². The van der Waals surface area contributed by atoms with E-state index < -0.39 is 0 Å². The van der Waals surface area contributed by atoms with Gasteiger partial charge in [0.1, 0.15) is 0 Å². The highest BCUT2D eigenvalue weighted by Gasteiger charge is 2.23. The molecule has 2 atom stereocenters. The second-order valence-corrected chi connectivity index (χ2v) is 6.43. The predicted octanol–water partition coefficient (Wildman–Crippen LogP) is 3.03. The van der Waals surface area contributed by atoms with Crippen LogP contribution in [-0.2, 0) is 17.6 Å². The third-order valence-electron chi connectivity index (χ3n) is 3.75. The van der Waals surface area contributed by atoms with E-state index in [1.54, 1.807) is 11.3 Å². The van der Waals surface area contributed by atoms with E-state index in [0.29, 0.717) is 0 Å². The van der Waals surface area contributed by atoms with Gasteiger partial charge in [-0.05, 0) is 30.9 Å². The molecule has 1 aliphatic rings. The third-order valence-corrected chi connectivity index (χ3v) is 4.57. The summed E-state index contributed by atoms with van der Waals surface area (Å²) in [5, 5.41) is 3.21. The van der Waals surface area contributed by atoms with Gasteiger partial charge >= 0.3 is 0 Å². The molecule has 0 spiro atoms. The average Bonchev–Trinajstić information content (AvgIpc) is 2.84. The molecule has 2 N–H and O–H groups in total. The van der Waals surface area contributed by atoms with Crippen LogP contribution < -0.4 is 5.73 Å². The lowest BCUT2D eigenvalue weighted by Crippen LogP contribution is -2.28. The Morgan fingerprint density at radius 3 is 3.10 bits per heavy atom. The van der Waals surface area contributed by atoms with Crippen LogP contribution in [0.25, 0.3) is 0 Å². The summed E-state index contributed by atoms with van der Waals surface area (Å²) >= 11 is 1.68. The standard InChI is InChI=1S/C16H20N2OS/c1-11-18-14(10-20-11)8-13(17)9-16-15-5-3-2-4-12(15)6-7-19-16/h2-5,10,13,16H,6-9,17H2,1H3. The van der Waals surface area contributed by atoms with Crippen molar-refractivity contribution in [3.8, 4) is 0 Å². The number of aromatic nitrogens is 1. The number of ether oxygens (including phenoxy) is 1. The molecule has 2 heterocycles. The highest BCUT2D eigenvalue weighted by atomic mass is 32.1. The second-order valence-electron chi connectivity index (χ2n) is 5.37. The van der Waals surface area contributed by atoms with E-state index in [9.17, 15) is 0 Å². The van der Waals surface area contributed by atoms with Crippen LogP contribution in [0.15, 0.2) is 29.6 Å². The zero-order valence-electron chi connectivity index (χ0n) is 11.7. The van der Waals surface area contributed by atoms with Gasteiger partial charge in [0, 0.05) is 17.8 Å². The van der Waals surface area contributed by atoms with E-state index in [2.05, 4.69) is 34.6 Å². The number of aryl methyl sites for hydroxylation is 1. The summed E-state index contributed by atoms with van der Waals surface area (Å²) in [5.74, 6) is 0. The van der Waals surface area contributed by atoms with Crippen LogP contribution >= 0.6 is 11.3 Å². The van der Waals surface area contributed by atoms with Crippen molar-refractivity contribution < 1.29 is 4.74 Å². The third kappa shape index (κ3) is 3.08. The highest BCUT2D eigenvalue weighted by molar-refractivity contribution is 7.09. The first-order chi connectivity index (χ1) is 9.72. The van der Waals surface area contributed by atoms with Gasteiger partial charge in [0.15, 0.2) is 0 Å². The summed E-state index contributed by atoms with van der Waals surface area (Å²) in [6.07, 6.45) is 2.82. The first-order valence-corrected chi connectivity index (χ1v) is 7.96. The van der Waals surface area contributed by atoms with Gasteiger partial charge in [-0.25, -0.2) is 4.98 Å². The lowest BCUT2D eigenvalue weighted by molar-refractivity contribution is 0.0321. The van der Waals surface area contributed by atoms with Crippen molar-refractivity contribution in [3.05, 3.63) is 51.5 Å². The summed E-state index contributed by atoms with van der Waals surface area (Å²) in [6.45, 7) is 2.82. The topological polar surface area (TPSA) is 48.1 Å². The van der Waals surface area contributed by atoms with E-state index in [1.807, 2.05) is 6.92 Å². The number of fused-ring (bicyclic) bond motifs is 1. The molecule has 1 aromatic heterocycles. The maximum atomic E-state index is 6.29. The van der Waals surface area contributed by atoms with Crippen molar-refractivity contribution in [1.29, 1.82) is 0 Å². The van der Waals surface area contributed by atoms with Gasteiger partial charge < -0.3 is 10.5 Å². The minimum Gasteiger partial charge on any atom is -0.373 e. The molecule has 2 aromatic rings. The predicted molar refractivity (Wildman–Crippen MR) is 82.0 cm³/mol. The Morgan fingerprint density at radius 2 is 2.30 bits per heavy atom. The molecule has 0 saturated carbocycles. The van der Waals surface area contributed by atoms with E-state index in [0.717, 1.165) is 36.6 Å². The maximum Gasteiger partial charge on any atom is 0.0897 e. The molecule has 0 amide bonds. The van der Waals surface area contributed by atoms with Gasteiger partial charge in [0.05, 0.1) is 23.4 Å². The Balaban J connectivity index is 1.66. The minimum absolute atomic E-state index is 0.0904. The molecule has 3 nitrogen and oxygen atoms in total. The molecule has 0 saturated heterocycles. The van der Waals surface area contributed by atoms with Gasteiger partial charge in [-0.1, -0.05) is 24.3 Å². The quantitative estimate of drug-likeness (QED) is 0.940. The van der Waals surface area contributed by atoms with Gasteiger partial charge in [0.2, 0.25) is 0 Å². The summed E-state index contributed by atoms with van der Waals surface area (Å²) in [4.78, 5) is 4.49. The Labute approximate surface area is 123 Å². The van der Waals surface area contributed by atoms with E-state index >= 15 is 0 Å². The van der Waals surface area contributed by atoms with Crippen LogP contribution in [0.2, 0.25) is 0 Å². The molecule has 4 heteroatoms. The number of benzene rings is 1. The van der Waals surface area contributed by atoms with Crippen LogP contribution in [-0.4, -0.2) is 17.6 Å². The minimum atomic E-state index is 0.0904. The van der Waals surface area contributed by atoms with Crippen molar-refractivity contribution in [3.63, 3.8) is 0 Å². The molecule has 1 aromatic carbocycles. The van der Waals surface area contributed by atoms with Crippen molar-refractivity contribution in [2.45, 2.75) is 38.3 Å². The second kappa shape index (κ2) is 6.04. The smallest absolute Gasteiger partial charge is 0.0897 e. The zero-order valence-corrected chi connectivity index (χ0v) is 12.5. The number of thiazole rings is 1. The fourth-order valence-electron chi connectivity index (χ4n) is 2.80. The fraction of sp³-hybridized carbons (Fsp3) is 0.438. The molecule has 106 valence electrons. The van der Waals surface area contributed by atoms with Gasteiger partial charge in [0.25, 0.3) is 0 Å². The van der Waals surface area contributed by atoms with Crippen molar-refractivity contribution >= 4 is 11.3 Å². The number of nitrogens with two attached hydrogens (primary N) is 1. The molecule has 0 fully saturated rings. The highest BCUT2D eigenvalue weighted by Crippen LogP contribution is 2.30. The number of nitrogens with zero attached hydrogens (tertiary/aromatic N) is 1. The van der Waals surface area contributed by atoms with Gasteiger partial charge in [-0.2, -0.15) is 0 Å². The number of rotatable bonds is 4. The molecule has 0 bridgehead atoms. The van der Waals surface area contributed by atoms with Crippen LogP contribution in [0.5, 0.6) is 0 Å². The Morgan fingerprint density at radius 1 is 1.45 bits per heavy atom. The monoisotopic (exact) mass is 288 g/mol. The Kier molecular flexibility index (Phi) is 4.15. The van der Waals surface area contributed by atoms with Crippen LogP contribution in [0.4, 0.5) is 0 Å². The Hall–Kier alpha value is -1.23. The lowest BCUT2D eigenvalue weighted by atomic mass is 9.93. The summed E-state index contributed by atoms with van der Waals surface area (Å²) in [7, 11) is 0. The average molecular weight is 288 g/mol. The normalized spacial score (nSPS) is 19.6. The van der Waals surface area contributed by atoms with Crippen LogP contribution in [0.1, 0.15) is 34.4 Å². The molecular formula is C16H20N2OS. The fourth-order valence-corrected chi connectivity index (χ4v) is 3.43. The largest absolute Gasteiger partial charge is 0.373 e. The van der Waals surface area contributed by atoms with Crippen LogP contribution in [0.3, 0.4) is 0 Å². The van der Waals surface area contributed by atoms with Crippen molar-refractivity contribution in [1.82, 2.24) is 4.98 Å². The van der Waals surface area contributed by atoms with Crippen molar-refractivity contribution in [2.75, 3.05) is 6.61 Å². The lowest BCUT2D eigenvalue weighted by Gasteiger charge is -2.28. The van der Waals surface area contributed by atoms with Crippen LogP contribution in [0, 0.1) is 6.92 Å². The van der Waals surface area contributed by atoms with Crippen molar-refractivity contribution in [2.24, 2.45) is 5.73 Å². The SMILES string of the molecule is Cc1nc(CC(N)CC2OCCc3ccccc32)cs1. The molecule has 1 aliphatic heterocycles. The molecular weight excluding hydrogens is 268 g/mol. The summed E-state index contributed by atoms with van der Waals surface area (Å²) in [6, 6.07) is 8.63. The molecule has 0 aliphatic carbocycles. The Bertz CT molecular complexity index is 581. The molecule has 0 radical (unpaired) electrons. The first kappa shape index (κ1) is 13.7. The summed E-state index contributed by atoms with van der Waals surface area (Å²) < 4.78 is 5.92.